The Labute approximate surface area is 84.1 Å². The second-order valence-corrected chi connectivity index (χ2v) is 4.08. The van der Waals surface area contributed by atoms with Crippen molar-refractivity contribution in [2.75, 3.05) is 0 Å². The molecular formula is C11H18N2O. The molecule has 0 amide bonds. The molecule has 78 valence electrons. The summed E-state index contributed by atoms with van der Waals surface area (Å²) in [6.45, 7) is 3.15. The number of hydrogen-bond acceptors (Lipinski definition) is 1. The van der Waals surface area contributed by atoms with Crippen LogP contribution in [0.1, 0.15) is 43.9 Å². The van der Waals surface area contributed by atoms with Crippen LogP contribution in [0.4, 0.5) is 0 Å². The highest BCUT2D eigenvalue weighted by atomic mass is 16.1. The van der Waals surface area contributed by atoms with Gasteiger partial charge in [-0.15, -0.1) is 0 Å². The minimum Gasteiger partial charge on any atom is -0.289 e. The Balaban J connectivity index is 2.27. The molecule has 3 nitrogen and oxygen atoms in total. The average molecular weight is 194 g/mol. The van der Waals surface area contributed by atoms with Crippen molar-refractivity contribution in [1.29, 1.82) is 0 Å². The molecule has 0 aliphatic heterocycles. The molecule has 0 radical (unpaired) electrons. The van der Waals surface area contributed by atoms with Gasteiger partial charge in [-0.1, -0.05) is 13.3 Å². The summed E-state index contributed by atoms with van der Waals surface area (Å²) in [7, 11) is 0. The molecule has 1 aliphatic carbocycles. The molecule has 1 N–H and O–H groups in total. The molecule has 1 aliphatic rings. The molecule has 0 saturated carbocycles. The van der Waals surface area contributed by atoms with E-state index in [0.29, 0.717) is 0 Å². The standard InChI is InChI=1S/C11H18N2O/c1-2-3-8-13-10-7-5-4-6-9(10)11(14)12-13/h2-8H2,1H3,(H,12,14). The first-order chi connectivity index (χ1) is 6.83. The van der Waals surface area contributed by atoms with Gasteiger partial charge in [-0.2, -0.15) is 0 Å². The quantitative estimate of drug-likeness (QED) is 0.783. The van der Waals surface area contributed by atoms with Gasteiger partial charge in [0.1, 0.15) is 0 Å². The van der Waals surface area contributed by atoms with E-state index in [1.807, 2.05) is 0 Å². The number of unbranched alkanes of at least 4 members (excludes halogenated alkanes) is 1. The molecule has 1 heterocycles. The molecular weight excluding hydrogens is 176 g/mol. The third-order valence-electron chi connectivity index (χ3n) is 3.01. The monoisotopic (exact) mass is 194 g/mol. The van der Waals surface area contributed by atoms with Gasteiger partial charge in [-0.05, 0) is 32.1 Å². The van der Waals surface area contributed by atoms with E-state index in [1.54, 1.807) is 0 Å². The average Bonchev–Trinajstić information content (AvgIpc) is 2.54. The fourth-order valence-electron chi connectivity index (χ4n) is 2.20. The van der Waals surface area contributed by atoms with Crippen molar-refractivity contribution < 1.29 is 0 Å². The first kappa shape index (κ1) is 9.56. The predicted octanol–water partition coefficient (Wildman–Crippen LogP) is 1.86. The lowest BCUT2D eigenvalue weighted by atomic mass is 9.98. The summed E-state index contributed by atoms with van der Waals surface area (Å²) in [5, 5.41) is 2.95. The fourth-order valence-corrected chi connectivity index (χ4v) is 2.20. The van der Waals surface area contributed by atoms with E-state index in [1.165, 1.54) is 25.0 Å². The van der Waals surface area contributed by atoms with E-state index < -0.39 is 0 Å². The maximum absolute atomic E-state index is 11.6. The highest BCUT2D eigenvalue weighted by Gasteiger charge is 2.17. The fraction of sp³-hybridized carbons (Fsp3) is 0.727. The molecule has 0 aromatic carbocycles. The van der Waals surface area contributed by atoms with Crippen LogP contribution in [0.25, 0.3) is 0 Å². The van der Waals surface area contributed by atoms with Gasteiger partial charge in [0, 0.05) is 17.8 Å². The Hall–Kier alpha value is -0.990. The third-order valence-corrected chi connectivity index (χ3v) is 3.01. The molecule has 1 aromatic heterocycles. The molecule has 1 aromatic rings. The van der Waals surface area contributed by atoms with Gasteiger partial charge in [0.2, 0.25) is 0 Å². The van der Waals surface area contributed by atoms with Crippen molar-refractivity contribution in [2.45, 2.75) is 52.0 Å². The zero-order chi connectivity index (χ0) is 9.97. The number of H-pyrrole nitrogens is 1. The van der Waals surface area contributed by atoms with Crippen molar-refractivity contribution in [3.8, 4) is 0 Å². The first-order valence-corrected chi connectivity index (χ1v) is 5.63. The summed E-state index contributed by atoms with van der Waals surface area (Å²) in [6.07, 6.45) is 6.79. The molecule has 0 bridgehead atoms. The molecule has 0 atom stereocenters. The Morgan fingerprint density at radius 3 is 2.93 bits per heavy atom. The number of fused-ring (bicyclic) bond motifs is 1. The number of hydrogen-bond donors (Lipinski definition) is 1. The highest BCUT2D eigenvalue weighted by Crippen LogP contribution is 2.17. The van der Waals surface area contributed by atoms with E-state index in [2.05, 4.69) is 16.7 Å². The smallest absolute Gasteiger partial charge is 0.267 e. The zero-order valence-electron chi connectivity index (χ0n) is 8.81. The Morgan fingerprint density at radius 2 is 2.14 bits per heavy atom. The molecule has 3 heteroatoms. The van der Waals surface area contributed by atoms with Crippen molar-refractivity contribution in [2.24, 2.45) is 0 Å². The van der Waals surface area contributed by atoms with Gasteiger partial charge in [0.25, 0.3) is 5.56 Å². The lowest BCUT2D eigenvalue weighted by molar-refractivity contribution is 0.529. The van der Waals surface area contributed by atoms with Crippen molar-refractivity contribution >= 4 is 0 Å². The molecule has 0 spiro atoms. The van der Waals surface area contributed by atoms with Crippen LogP contribution in [0.2, 0.25) is 0 Å². The van der Waals surface area contributed by atoms with Crippen LogP contribution in [-0.4, -0.2) is 9.78 Å². The largest absolute Gasteiger partial charge is 0.289 e. The minimum atomic E-state index is 0.149. The summed E-state index contributed by atoms with van der Waals surface area (Å²) in [5.41, 5.74) is 2.47. The summed E-state index contributed by atoms with van der Waals surface area (Å²) >= 11 is 0. The van der Waals surface area contributed by atoms with Crippen LogP contribution >= 0.6 is 0 Å². The summed E-state index contributed by atoms with van der Waals surface area (Å²) in [6, 6.07) is 0. The van der Waals surface area contributed by atoms with Crippen LogP contribution in [0.5, 0.6) is 0 Å². The normalized spacial score (nSPS) is 15.5. The molecule has 0 unspecified atom stereocenters. The van der Waals surface area contributed by atoms with Gasteiger partial charge in [0.05, 0.1) is 0 Å². The lowest BCUT2D eigenvalue weighted by Crippen LogP contribution is -2.10. The number of nitrogens with one attached hydrogen (secondary N) is 1. The van der Waals surface area contributed by atoms with Gasteiger partial charge in [-0.3, -0.25) is 14.6 Å². The van der Waals surface area contributed by atoms with E-state index in [4.69, 9.17) is 0 Å². The second kappa shape index (κ2) is 4.03. The van der Waals surface area contributed by atoms with E-state index >= 15 is 0 Å². The maximum Gasteiger partial charge on any atom is 0.267 e. The highest BCUT2D eigenvalue weighted by molar-refractivity contribution is 5.20. The van der Waals surface area contributed by atoms with Crippen LogP contribution in [-0.2, 0) is 19.4 Å². The summed E-state index contributed by atoms with van der Waals surface area (Å²) in [5.74, 6) is 0. The lowest BCUT2D eigenvalue weighted by Gasteiger charge is -2.13. The van der Waals surface area contributed by atoms with Crippen molar-refractivity contribution in [1.82, 2.24) is 9.78 Å². The van der Waals surface area contributed by atoms with Crippen LogP contribution < -0.4 is 5.56 Å². The van der Waals surface area contributed by atoms with E-state index in [9.17, 15) is 4.79 Å². The molecule has 0 saturated heterocycles. The topological polar surface area (TPSA) is 37.8 Å². The Bertz CT molecular complexity index is 362. The van der Waals surface area contributed by atoms with Crippen LogP contribution in [0.15, 0.2) is 4.79 Å². The van der Waals surface area contributed by atoms with Gasteiger partial charge >= 0.3 is 0 Å². The third kappa shape index (κ3) is 1.63. The predicted molar refractivity (Wildman–Crippen MR) is 56.6 cm³/mol. The second-order valence-electron chi connectivity index (χ2n) is 4.08. The van der Waals surface area contributed by atoms with E-state index in [0.717, 1.165) is 31.4 Å². The van der Waals surface area contributed by atoms with Crippen LogP contribution in [0.3, 0.4) is 0 Å². The van der Waals surface area contributed by atoms with Gasteiger partial charge < -0.3 is 0 Å². The molecule has 0 fully saturated rings. The van der Waals surface area contributed by atoms with Gasteiger partial charge in [0.15, 0.2) is 0 Å². The molecule has 2 rings (SSSR count). The Kier molecular flexibility index (Phi) is 2.75. The SMILES string of the molecule is CCCCn1[nH]c(=O)c2c1CCCC2. The first-order valence-electron chi connectivity index (χ1n) is 5.63. The number of aryl methyl sites for hydroxylation is 1. The summed E-state index contributed by atoms with van der Waals surface area (Å²) < 4.78 is 2.07. The van der Waals surface area contributed by atoms with E-state index in [-0.39, 0.29) is 5.56 Å². The number of aromatic nitrogens is 2. The Morgan fingerprint density at radius 1 is 1.36 bits per heavy atom. The van der Waals surface area contributed by atoms with Gasteiger partial charge in [-0.25, -0.2) is 0 Å². The zero-order valence-corrected chi connectivity index (χ0v) is 8.81. The number of rotatable bonds is 3. The van der Waals surface area contributed by atoms with Crippen LogP contribution in [0, 0.1) is 0 Å². The number of nitrogens with zero attached hydrogens (tertiary/aromatic N) is 1. The minimum absolute atomic E-state index is 0.149. The summed E-state index contributed by atoms with van der Waals surface area (Å²) in [4.78, 5) is 11.6. The maximum atomic E-state index is 11.6. The van der Waals surface area contributed by atoms with Crippen molar-refractivity contribution in [3.05, 3.63) is 21.6 Å². The number of aromatic amines is 1. The molecule has 14 heavy (non-hydrogen) atoms. The van der Waals surface area contributed by atoms with Crippen molar-refractivity contribution in [3.63, 3.8) is 0 Å².